The van der Waals surface area contributed by atoms with E-state index in [0.29, 0.717) is 6.04 Å². The molecule has 1 aliphatic rings. The number of hydrogen-bond acceptors (Lipinski definition) is 3. The summed E-state index contributed by atoms with van der Waals surface area (Å²) in [5, 5.41) is 0. The Morgan fingerprint density at radius 1 is 1.00 bits per heavy atom. The van der Waals surface area contributed by atoms with Crippen LogP contribution in [0.4, 0.5) is 0 Å². The van der Waals surface area contributed by atoms with Crippen LogP contribution in [0.2, 0.25) is 0 Å². The molecule has 132 valence electrons. The van der Waals surface area contributed by atoms with E-state index in [9.17, 15) is 0 Å². The van der Waals surface area contributed by atoms with E-state index in [0.717, 1.165) is 5.75 Å². The van der Waals surface area contributed by atoms with Crippen molar-refractivity contribution >= 4 is 16.7 Å². The van der Waals surface area contributed by atoms with Gasteiger partial charge < -0.3 is 4.74 Å². The summed E-state index contributed by atoms with van der Waals surface area (Å²) in [6.07, 6.45) is 8.56. The first-order valence-electron chi connectivity index (χ1n) is 9.01. The number of thioether (sulfide) groups is 1. The second kappa shape index (κ2) is 9.12. The van der Waals surface area contributed by atoms with Crippen LogP contribution in [0.3, 0.4) is 0 Å². The third kappa shape index (κ3) is 4.68. The Morgan fingerprint density at radius 2 is 1.68 bits per heavy atom. The van der Waals surface area contributed by atoms with Gasteiger partial charge >= 0.3 is 0 Å². The van der Waals surface area contributed by atoms with Crippen molar-refractivity contribution < 1.29 is 4.74 Å². The highest BCUT2D eigenvalue weighted by molar-refractivity contribution is 8.07. The highest BCUT2D eigenvalue weighted by Crippen LogP contribution is 2.33. The molecule has 2 aromatic carbocycles. The van der Waals surface area contributed by atoms with Crippen molar-refractivity contribution in [1.29, 1.82) is 0 Å². The molecule has 0 N–H and O–H groups in total. The van der Waals surface area contributed by atoms with E-state index in [2.05, 4.69) is 59.7 Å². The minimum atomic E-state index is 0.339. The monoisotopic (exact) mass is 353 g/mol. The Kier molecular flexibility index (Phi) is 6.60. The van der Waals surface area contributed by atoms with Gasteiger partial charge in [-0.15, -0.1) is 11.8 Å². The van der Waals surface area contributed by atoms with Gasteiger partial charge in [-0.2, -0.15) is 0 Å². The topological polar surface area (TPSA) is 12.5 Å². The summed E-state index contributed by atoms with van der Waals surface area (Å²) in [4.78, 5) is 3.94. The maximum atomic E-state index is 5.29. The van der Waals surface area contributed by atoms with Gasteiger partial charge in [-0.1, -0.05) is 48.9 Å². The lowest BCUT2D eigenvalue weighted by atomic mass is 10.0. The Hall–Kier alpha value is -1.71. The first kappa shape index (κ1) is 18.1. The van der Waals surface area contributed by atoms with Crippen molar-refractivity contribution in [3.63, 3.8) is 0 Å². The van der Waals surface area contributed by atoms with Crippen LogP contribution in [-0.2, 0) is 0 Å². The lowest BCUT2D eigenvalue weighted by molar-refractivity contribution is 0.192. The predicted octanol–water partition coefficient (Wildman–Crippen LogP) is 5.63. The summed E-state index contributed by atoms with van der Waals surface area (Å²) in [5.74, 6) is 0.903. The Labute approximate surface area is 155 Å². The normalized spacial score (nSPS) is 17.3. The van der Waals surface area contributed by atoms with E-state index in [4.69, 9.17) is 4.74 Å². The molecule has 0 bridgehead atoms. The van der Waals surface area contributed by atoms with E-state index in [1.54, 1.807) is 7.11 Å². The van der Waals surface area contributed by atoms with Crippen LogP contribution >= 0.6 is 11.8 Å². The van der Waals surface area contributed by atoms with Crippen molar-refractivity contribution in [1.82, 2.24) is 4.90 Å². The van der Waals surface area contributed by atoms with Gasteiger partial charge in [0.1, 0.15) is 5.75 Å². The van der Waals surface area contributed by atoms with Crippen LogP contribution in [0.15, 0.2) is 60.7 Å². The second-order valence-electron chi connectivity index (χ2n) is 6.42. The molecule has 2 aromatic rings. The van der Waals surface area contributed by atoms with E-state index in [-0.39, 0.29) is 0 Å². The maximum Gasteiger partial charge on any atom is 0.118 e. The van der Waals surface area contributed by atoms with Crippen molar-refractivity contribution in [2.75, 3.05) is 26.5 Å². The van der Waals surface area contributed by atoms with Gasteiger partial charge in [0.05, 0.1) is 13.2 Å². The van der Waals surface area contributed by atoms with E-state index in [1.807, 2.05) is 23.9 Å². The molecule has 0 amide bonds. The van der Waals surface area contributed by atoms with Crippen LogP contribution in [-0.4, -0.2) is 31.4 Å². The predicted molar refractivity (Wildman–Crippen MR) is 109 cm³/mol. The minimum absolute atomic E-state index is 0.339. The van der Waals surface area contributed by atoms with Crippen LogP contribution < -0.4 is 4.74 Å². The first-order chi connectivity index (χ1) is 12.3. The highest BCUT2D eigenvalue weighted by atomic mass is 32.2. The standard InChI is InChI=1S/C22H27NOS/c1-24-20-13-11-19(12-14-20)22(25-2)17-21(18-9-5-3-6-10-18)23-15-7-4-8-16-23/h3,5-6,9-14,17,21H,4,7-8,15-16H2,1-2H3/b22-17+. The molecule has 0 spiro atoms. The third-order valence-corrected chi connectivity index (χ3v) is 5.64. The quantitative estimate of drug-likeness (QED) is 0.668. The number of ether oxygens (including phenoxy) is 1. The molecule has 1 saturated heterocycles. The summed E-state index contributed by atoms with van der Waals surface area (Å²) in [6, 6.07) is 19.6. The van der Waals surface area contributed by atoms with E-state index < -0.39 is 0 Å². The first-order valence-corrected chi connectivity index (χ1v) is 10.2. The number of hydrogen-bond donors (Lipinski definition) is 0. The number of nitrogens with zero attached hydrogens (tertiary/aromatic N) is 1. The summed E-state index contributed by atoms with van der Waals surface area (Å²) in [5.41, 5.74) is 2.63. The van der Waals surface area contributed by atoms with Gasteiger partial charge in [-0.3, -0.25) is 4.90 Å². The molecule has 3 rings (SSSR count). The molecule has 25 heavy (non-hydrogen) atoms. The number of methoxy groups -OCH3 is 1. The summed E-state index contributed by atoms with van der Waals surface area (Å²) in [7, 11) is 1.71. The fraction of sp³-hybridized carbons (Fsp3) is 0.364. The molecule has 1 fully saturated rings. The molecule has 1 atom stereocenters. The van der Waals surface area contributed by atoms with Crippen LogP contribution in [0, 0.1) is 0 Å². The van der Waals surface area contributed by atoms with Crippen LogP contribution in [0.5, 0.6) is 5.75 Å². The third-order valence-electron chi connectivity index (χ3n) is 4.83. The molecule has 0 aromatic heterocycles. The molecule has 2 nitrogen and oxygen atoms in total. The fourth-order valence-corrected chi connectivity index (χ4v) is 4.08. The lowest BCUT2D eigenvalue weighted by Gasteiger charge is -2.33. The smallest absolute Gasteiger partial charge is 0.118 e. The number of piperidine rings is 1. The van der Waals surface area contributed by atoms with Crippen molar-refractivity contribution in [2.24, 2.45) is 0 Å². The van der Waals surface area contributed by atoms with E-state index in [1.165, 1.54) is 48.4 Å². The largest absolute Gasteiger partial charge is 0.497 e. The summed E-state index contributed by atoms with van der Waals surface area (Å²) >= 11 is 1.82. The number of likely N-dealkylation sites (tertiary alicyclic amines) is 1. The molecular weight excluding hydrogens is 326 g/mol. The molecule has 1 heterocycles. The molecule has 0 radical (unpaired) electrons. The second-order valence-corrected chi connectivity index (χ2v) is 7.26. The highest BCUT2D eigenvalue weighted by Gasteiger charge is 2.21. The summed E-state index contributed by atoms with van der Waals surface area (Å²) < 4.78 is 5.29. The Balaban J connectivity index is 1.93. The SMILES string of the molecule is COc1ccc(/C(=C\C(c2ccccc2)N2CCCCC2)SC)cc1. The van der Waals surface area contributed by atoms with Gasteiger partial charge in [-0.25, -0.2) is 0 Å². The van der Waals surface area contributed by atoms with Gasteiger partial charge in [0, 0.05) is 4.91 Å². The minimum Gasteiger partial charge on any atom is -0.497 e. The van der Waals surface area contributed by atoms with Crippen molar-refractivity contribution in [2.45, 2.75) is 25.3 Å². The zero-order chi connectivity index (χ0) is 17.5. The molecule has 1 aliphatic heterocycles. The van der Waals surface area contributed by atoms with Gasteiger partial charge in [0.2, 0.25) is 0 Å². The fourth-order valence-electron chi connectivity index (χ4n) is 3.44. The summed E-state index contributed by atoms with van der Waals surface area (Å²) in [6.45, 7) is 2.36. The van der Waals surface area contributed by atoms with Crippen molar-refractivity contribution in [3.8, 4) is 5.75 Å². The molecule has 1 unspecified atom stereocenters. The average Bonchev–Trinajstić information content (AvgIpc) is 2.70. The Bertz CT molecular complexity index is 675. The molecular formula is C22H27NOS. The molecule has 0 aliphatic carbocycles. The lowest BCUT2D eigenvalue weighted by Crippen LogP contribution is -2.33. The molecule has 3 heteroatoms. The average molecular weight is 354 g/mol. The number of rotatable bonds is 6. The van der Waals surface area contributed by atoms with Crippen LogP contribution in [0.1, 0.15) is 36.4 Å². The van der Waals surface area contributed by atoms with Gasteiger partial charge in [0.25, 0.3) is 0 Å². The van der Waals surface area contributed by atoms with Crippen LogP contribution in [0.25, 0.3) is 4.91 Å². The zero-order valence-corrected chi connectivity index (χ0v) is 16.0. The number of benzene rings is 2. The van der Waals surface area contributed by atoms with Crippen molar-refractivity contribution in [3.05, 3.63) is 71.8 Å². The molecule has 0 saturated carbocycles. The van der Waals surface area contributed by atoms with E-state index >= 15 is 0 Å². The zero-order valence-electron chi connectivity index (χ0n) is 15.2. The maximum absolute atomic E-state index is 5.29. The van der Waals surface area contributed by atoms with Gasteiger partial charge in [-0.05, 0) is 61.5 Å². The Morgan fingerprint density at radius 3 is 2.28 bits per heavy atom. The van der Waals surface area contributed by atoms with Gasteiger partial charge in [0.15, 0.2) is 0 Å².